The Hall–Kier alpha value is -3.36. The molecule has 0 unspecified atom stereocenters. The fraction of sp³-hybridized carbons (Fsp3) is 0.0909. The van der Waals surface area contributed by atoms with E-state index in [-0.39, 0.29) is 27.7 Å². The number of aromatic nitrogens is 2. The van der Waals surface area contributed by atoms with Crippen molar-refractivity contribution in [3.63, 3.8) is 0 Å². The summed E-state index contributed by atoms with van der Waals surface area (Å²) in [6.07, 6.45) is 0. The van der Waals surface area contributed by atoms with Crippen LogP contribution in [0.4, 0.5) is 11.6 Å². The SMILES string of the molecule is Cc1c(Cl)cccc1Nc1nc2c(C(=O)O)c(S(=O)(=O)Cc3ccccc3)ccc2[nH]1. The van der Waals surface area contributed by atoms with Gasteiger partial charge < -0.3 is 15.4 Å². The molecule has 3 N–H and O–H groups in total. The molecule has 4 rings (SSSR count). The summed E-state index contributed by atoms with van der Waals surface area (Å²) < 4.78 is 26.0. The van der Waals surface area contributed by atoms with Crippen LogP contribution in [0.3, 0.4) is 0 Å². The number of anilines is 2. The van der Waals surface area contributed by atoms with Gasteiger partial charge in [0.15, 0.2) is 9.84 Å². The van der Waals surface area contributed by atoms with Crippen molar-refractivity contribution < 1.29 is 18.3 Å². The zero-order valence-corrected chi connectivity index (χ0v) is 18.0. The molecular weight excluding hydrogens is 438 g/mol. The topological polar surface area (TPSA) is 112 Å². The van der Waals surface area contributed by atoms with Crippen LogP contribution in [0.25, 0.3) is 11.0 Å². The zero-order chi connectivity index (χ0) is 22.2. The second-order valence-electron chi connectivity index (χ2n) is 7.01. The first-order chi connectivity index (χ1) is 14.8. The summed E-state index contributed by atoms with van der Waals surface area (Å²) >= 11 is 6.15. The first kappa shape index (κ1) is 20.9. The summed E-state index contributed by atoms with van der Waals surface area (Å²) in [5.74, 6) is -1.40. The van der Waals surface area contributed by atoms with E-state index in [9.17, 15) is 18.3 Å². The number of hydrogen-bond acceptors (Lipinski definition) is 5. The lowest BCUT2D eigenvalue weighted by Crippen LogP contribution is -2.12. The van der Waals surface area contributed by atoms with Gasteiger partial charge in [0.2, 0.25) is 5.95 Å². The third-order valence-electron chi connectivity index (χ3n) is 4.89. The molecule has 0 bridgehead atoms. The third-order valence-corrected chi connectivity index (χ3v) is 7.02. The summed E-state index contributed by atoms with van der Waals surface area (Å²) in [6, 6.07) is 16.8. The lowest BCUT2D eigenvalue weighted by molar-refractivity contribution is 0.0694. The highest BCUT2D eigenvalue weighted by molar-refractivity contribution is 7.90. The van der Waals surface area contributed by atoms with E-state index in [4.69, 9.17) is 11.6 Å². The monoisotopic (exact) mass is 455 g/mol. The van der Waals surface area contributed by atoms with Crippen molar-refractivity contribution in [3.05, 3.63) is 82.4 Å². The molecule has 0 fully saturated rings. The Morgan fingerprint density at radius 2 is 1.84 bits per heavy atom. The lowest BCUT2D eigenvalue weighted by atomic mass is 10.2. The third kappa shape index (κ3) is 4.12. The van der Waals surface area contributed by atoms with Crippen LogP contribution < -0.4 is 5.32 Å². The smallest absolute Gasteiger partial charge is 0.339 e. The van der Waals surface area contributed by atoms with Crippen molar-refractivity contribution in [2.24, 2.45) is 0 Å². The van der Waals surface area contributed by atoms with Gasteiger partial charge in [-0.2, -0.15) is 0 Å². The number of aromatic carboxylic acids is 1. The number of nitrogens with zero attached hydrogens (tertiary/aromatic N) is 1. The number of imidazole rings is 1. The number of H-pyrrole nitrogens is 1. The van der Waals surface area contributed by atoms with E-state index in [2.05, 4.69) is 15.3 Å². The summed E-state index contributed by atoms with van der Waals surface area (Å²) in [5, 5.41) is 13.5. The molecule has 0 saturated carbocycles. The number of halogens is 1. The summed E-state index contributed by atoms with van der Waals surface area (Å²) in [5.41, 5.74) is 2.16. The van der Waals surface area contributed by atoms with E-state index in [1.54, 1.807) is 42.5 Å². The van der Waals surface area contributed by atoms with Crippen LogP contribution in [0.15, 0.2) is 65.6 Å². The molecule has 3 aromatic carbocycles. The minimum absolute atomic E-state index is 0.0591. The van der Waals surface area contributed by atoms with E-state index in [1.807, 2.05) is 13.0 Å². The Balaban J connectivity index is 1.79. The fourth-order valence-corrected chi connectivity index (χ4v) is 5.06. The van der Waals surface area contributed by atoms with E-state index in [0.29, 0.717) is 21.8 Å². The van der Waals surface area contributed by atoms with Crippen molar-refractivity contribution in [1.29, 1.82) is 0 Å². The van der Waals surface area contributed by atoms with Gasteiger partial charge in [0, 0.05) is 10.7 Å². The average molecular weight is 456 g/mol. The Kier molecular flexibility index (Phi) is 5.43. The number of carboxylic acids is 1. The van der Waals surface area contributed by atoms with Gasteiger partial charge in [-0.1, -0.05) is 48.0 Å². The van der Waals surface area contributed by atoms with Crippen molar-refractivity contribution in [3.8, 4) is 0 Å². The van der Waals surface area contributed by atoms with Crippen LogP contribution in [0.2, 0.25) is 5.02 Å². The first-order valence-corrected chi connectivity index (χ1v) is 11.3. The summed E-state index contributed by atoms with van der Waals surface area (Å²) in [7, 11) is -3.92. The molecule has 1 heterocycles. The highest BCUT2D eigenvalue weighted by atomic mass is 35.5. The molecule has 4 aromatic rings. The van der Waals surface area contributed by atoms with Gasteiger partial charge in [-0.05, 0) is 42.3 Å². The summed E-state index contributed by atoms with van der Waals surface area (Å²) in [6.45, 7) is 1.84. The molecule has 0 aliphatic carbocycles. The number of hydrogen-bond donors (Lipinski definition) is 3. The van der Waals surface area contributed by atoms with Gasteiger partial charge in [0.1, 0.15) is 11.1 Å². The van der Waals surface area contributed by atoms with Gasteiger partial charge in [-0.3, -0.25) is 0 Å². The predicted molar refractivity (Wildman–Crippen MR) is 120 cm³/mol. The largest absolute Gasteiger partial charge is 0.478 e. The zero-order valence-electron chi connectivity index (χ0n) is 16.4. The van der Waals surface area contributed by atoms with Crippen LogP contribution in [0.1, 0.15) is 21.5 Å². The Bertz CT molecular complexity index is 1400. The number of nitrogens with one attached hydrogen (secondary N) is 2. The first-order valence-electron chi connectivity index (χ1n) is 9.31. The lowest BCUT2D eigenvalue weighted by Gasteiger charge is -2.08. The molecule has 158 valence electrons. The van der Waals surface area contributed by atoms with Gasteiger partial charge in [0.25, 0.3) is 0 Å². The highest BCUT2D eigenvalue weighted by Gasteiger charge is 2.27. The molecule has 0 saturated heterocycles. The normalized spacial score (nSPS) is 11.5. The van der Waals surface area contributed by atoms with Gasteiger partial charge >= 0.3 is 5.97 Å². The highest BCUT2D eigenvalue weighted by Crippen LogP contribution is 2.30. The van der Waals surface area contributed by atoms with E-state index >= 15 is 0 Å². The number of sulfone groups is 1. The molecule has 1 aromatic heterocycles. The van der Waals surface area contributed by atoms with Crippen LogP contribution in [0, 0.1) is 6.92 Å². The number of carbonyl (C=O) groups is 1. The van der Waals surface area contributed by atoms with E-state index in [0.717, 1.165) is 5.56 Å². The molecule has 0 amide bonds. The minimum Gasteiger partial charge on any atom is -0.478 e. The number of aromatic amines is 1. The van der Waals surface area contributed by atoms with Crippen LogP contribution in [-0.2, 0) is 15.6 Å². The quantitative estimate of drug-likeness (QED) is 0.379. The van der Waals surface area contributed by atoms with Crippen LogP contribution in [-0.4, -0.2) is 29.5 Å². The maximum atomic E-state index is 13.0. The minimum atomic E-state index is -3.92. The molecule has 0 aliphatic rings. The van der Waals surface area contributed by atoms with Crippen molar-refractivity contribution in [2.45, 2.75) is 17.6 Å². The van der Waals surface area contributed by atoms with Crippen molar-refractivity contribution in [2.75, 3.05) is 5.32 Å². The summed E-state index contributed by atoms with van der Waals surface area (Å²) in [4.78, 5) is 19.1. The molecule has 0 aliphatic heterocycles. The van der Waals surface area contributed by atoms with E-state index < -0.39 is 15.8 Å². The van der Waals surface area contributed by atoms with Crippen molar-refractivity contribution >= 4 is 50.1 Å². The Morgan fingerprint density at radius 1 is 1.10 bits per heavy atom. The fourth-order valence-electron chi connectivity index (χ4n) is 3.32. The molecule has 9 heteroatoms. The van der Waals surface area contributed by atoms with Gasteiger partial charge in [-0.25, -0.2) is 18.2 Å². The van der Waals surface area contributed by atoms with Crippen molar-refractivity contribution in [1.82, 2.24) is 9.97 Å². The standard InChI is InChI=1S/C22H18ClN3O4S/c1-13-15(23)8-5-9-16(13)24-22-25-17-10-11-18(19(21(27)28)20(17)26-22)31(29,30)12-14-6-3-2-4-7-14/h2-11H,12H2,1H3,(H,27,28)(H2,24,25,26). The second-order valence-corrected chi connectivity index (χ2v) is 9.37. The van der Waals surface area contributed by atoms with Crippen LogP contribution in [0.5, 0.6) is 0 Å². The molecule has 7 nitrogen and oxygen atoms in total. The van der Waals surface area contributed by atoms with Gasteiger partial charge in [-0.15, -0.1) is 0 Å². The van der Waals surface area contributed by atoms with E-state index in [1.165, 1.54) is 12.1 Å². The Labute approximate surface area is 183 Å². The molecule has 0 atom stereocenters. The second kappa shape index (κ2) is 8.05. The number of rotatable bonds is 6. The van der Waals surface area contributed by atoms with Gasteiger partial charge in [0.05, 0.1) is 16.2 Å². The molecule has 0 radical (unpaired) electrons. The maximum Gasteiger partial charge on any atom is 0.339 e. The Morgan fingerprint density at radius 3 is 2.55 bits per heavy atom. The van der Waals surface area contributed by atoms with Crippen LogP contribution >= 0.6 is 11.6 Å². The average Bonchev–Trinajstić information content (AvgIpc) is 3.13. The number of benzene rings is 3. The number of fused-ring (bicyclic) bond motifs is 1. The molecule has 31 heavy (non-hydrogen) atoms. The predicted octanol–water partition coefficient (Wildman–Crippen LogP) is 4.94. The molecular formula is C22H18ClN3O4S. The maximum absolute atomic E-state index is 13.0. The molecule has 0 spiro atoms. The number of carboxylic acid groups (broad SMARTS) is 1.